The number of rotatable bonds is 3. The van der Waals surface area contributed by atoms with Gasteiger partial charge in [-0.05, 0) is 41.1 Å². The zero-order valence-electron chi connectivity index (χ0n) is 9.19. The second-order valence-corrected chi connectivity index (χ2v) is 4.47. The van der Waals surface area contributed by atoms with Crippen LogP contribution in [-0.4, -0.2) is 9.97 Å². The number of nitrogens with one attached hydrogen (secondary N) is 1. The molecular formula is C12H11BrFN3. The predicted octanol–water partition coefficient (Wildman–Crippen LogP) is 3.55. The SMILES string of the molecule is CC(Nc1ccc(F)cc1Br)c1cnccn1. The first-order valence-electron chi connectivity index (χ1n) is 5.14. The van der Waals surface area contributed by atoms with E-state index < -0.39 is 0 Å². The van der Waals surface area contributed by atoms with E-state index in [1.54, 1.807) is 24.7 Å². The van der Waals surface area contributed by atoms with Crippen LogP contribution < -0.4 is 5.32 Å². The molecule has 2 rings (SSSR count). The third-order valence-corrected chi connectivity index (χ3v) is 2.99. The molecule has 0 saturated carbocycles. The molecular weight excluding hydrogens is 285 g/mol. The second kappa shape index (κ2) is 5.23. The number of hydrogen-bond donors (Lipinski definition) is 1. The highest BCUT2D eigenvalue weighted by molar-refractivity contribution is 9.10. The maximum Gasteiger partial charge on any atom is 0.124 e. The van der Waals surface area contributed by atoms with Crippen LogP contribution >= 0.6 is 15.9 Å². The Morgan fingerprint density at radius 3 is 2.82 bits per heavy atom. The van der Waals surface area contributed by atoms with E-state index in [2.05, 4.69) is 31.2 Å². The Labute approximate surface area is 107 Å². The topological polar surface area (TPSA) is 37.8 Å². The smallest absolute Gasteiger partial charge is 0.124 e. The molecule has 0 aliphatic heterocycles. The molecule has 2 aromatic rings. The van der Waals surface area contributed by atoms with Crippen molar-refractivity contribution >= 4 is 21.6 Å². The summed E-state index contributed by atoms with van der Waals surface area (Å²) in [6, 6.07) is 4.53. The highest BCUT2D eigenvalue weighted by Crippen LogP contribution is 2.26. The molecule has 1 heterocycles. The summed E-state index contributed by atoms with van der Waals surface area (Å²) in [6.07, 6.45) is 4.98. The molecule has 1 atom stereocenters. The molecule has 1 aromatic carbocycles. The first-order valence-corrected chi connectivity index (χ1v) is 5.93. The fourth-order valence-corrected chi connectivity index (χ4v) is 1.91. The van der Waals surface area contributed by atoms with Crippen molar-refractivity contribution in [2.45, 2.75) is 13.0 Å². The lowest BCUT2D eigenvalue weighted by Gasteiger charge is -2.15. The Kier molecular flexibility index (Phi) is 3.68. The van der Waals surface area contributed by atoms with Gasteiger partial charge in [0.15, 0.2) is 0 Å². The Morgan fingerprint density at radius 2 is 2.18 bits per heavy atom. The Hall–Kier alpha value is -1.49. The minimum absolute atomic E-state index is 0.00506. The van der Waals surface area contributed by atoms with E-state index in [9.17, 15) is 4.39 Å². The molecule has 0 bridgehead atoms. The minimum Gasteiger partial charge on any atom is -0.376 e. The third-order valence-electron chi connectivity index (χ3n) is 2.33. The van der Waals surface area contributed by atoms with Crippen molar-refractivity contribution in [3.05, 3.63) is 52.8 Å². The predicted molar refractivity (Wildman–Crippen MR) is 68.2 cm³/mol. The summed E-state index contributed by atoms with van der Waals surface area (Å²) in [5.41, 5.74) is 1.66. The van der Waals surface area contributed by atoms with Crippen molar-refractivity contribution in [3.63, 3.8) is 0 Å². The van der Waals surface area contributed by atoms with Crippen LogP contribution in [0.5, 0.6) is 0 Å². The summed E-state index contributed by atoms with van der Waals surface area (Å²) in [6.45, 7) is 1.97. The van der Waals surface area contributed by atoms with E-state index in [0.717, 1.165) is 11.4 Å². The quantitative estimate of drug-likeness (QED) is 0.941. The van der Waals surface area contributed by atoms with Crippen LogP contribution in [0.2, 0.25) is 0 Å². The molecule has 0 fully saturated rings. The molecule has 0 aliphatic rings. The van der Waals surface area contributed by atoms with Crippen molar-refractivity contribution in [2.75, 3.05) is 5.32 Å². The van der Waals surface area contributed by atoms with Crippen LogP contribution in [0.1, 0.15) is 18.7 Å². The molecule has 0 spiro atoms. The van der Waals surface area contributed by atoms with Gasteiger partial charge in [0, 0.05) is 22.6 Å². The molecule has 88 valence electrons. The van der Waals surface area contributed by atoms with E-state index >= 15 is 0 Å². The van der Waals surface area contributed by atoms with Crippen LogP contribution in [0.4, 0.5) is 10.1 Å². The van der Waals surface area contributed by atoms with Gasteiger partial charge in [0.05, 0.1) is 17.9 Å². The van der Waals surface area contributed by atoms with Gasteiger partial charge in [-0.1, -0.05) is 0 Å². The number of nitrogens with zero attached hydrogens (tertiary/aromatic N) is 2. The van der Waals surface area contributed by atoms with Crippen molar-refractivity contribution in [2.24, 2.45) is 0 Å². The number of aromatic nitrogens is 2. The number of halogens is 2. The Balaban J connectivity index is 2.16. The first-order chi connectivity index (χ1) is 8.16. The lowest BCUT2D eigenvalue weighted by Crippen LogP contribution is -2.09. The van der Waals surface area contributed by atoms with Crippen LogP contribution in [-0.2, 0) is 0 Å². The molecule has 5 heteroatoms. The van der Waals surface area contributed by atoms with Gasteiger partial charge < -0.3 is 5.32 Å². The molecule has 17 heavy (non-hydrogen) atoms. The summed E-state index contributed by atoms with van der Waals surface area (Å²) >= 11 is 3.31. The van der Waals surface area contributed by atoms with E-state index in [4.69, 9.17) is 0 Å². The van der Waals surface area contributed by atoms with Crippen LogP contribution in [0.15, 0.2) is 41.3 Å². The summed E-state index contributed by atoms with van der Waals surface area (Å²) in [4.78, 5) is 8.22. The van der Waals surface area contributed by atoms with E-state index in [1.807, 2.05) is 6.92 Å². The fraction of sp³-hybridized carbons (Fsp3) is 0.167. The Morgan fingerprint density at radius 1 is 1.35 bits per heavy atom. The average molecular weight is 296 g/mol. The van der Waals surface area contributed by atoms with E-state index in [-0.39, 0.29) is 11.9 Å². The maximum absolute atomic E-state index is 12.9. The third kappa shape index (κ3) is 3.00. The van der Waals surface area contributed by atoms with Crippen LogP contribution in [0.25, 0.3) is 0 Å². The van der Waals surface area contributed by atoms with Gasteiger partial charge in [0.25, 0.3) is 0 Å². The highest BCUT2D eigenvalue weighted by atomic mass is 79.9. The second-order valence-electron chi connectivity index (χ2n) is 3.62. The van der Waals surface area contributed by atoms with E-state index in [1.165, 1.54) is 12.1 Å². The minimum atomic E-state index is -0.269. The summed E-state index contributed by atoms with van der Waals surface area (Å²) < 4.78 is 13.6. The van der Waals surface area contributed by atoms with Crippen LogP contribution in [0.3, 0.4) is 0 Å². The van der Waals surface area contributed by atoms with Gasteiger partial charge in [0.2, 0.25) is 0 Å². The zero-order chi connectivity index (χ0) is 12.3. The standard InChI is InChI=1S/C12H11BrFN3/c1-8(12-7-15-4-5-16-12)17-11-3-2-9(14)6-10(11)13/h2-8,17H,1H3. The van der Waals surface area contributed by atoms with Gasteiger partial charge in [-0.2, -0.15) is 0 Å². The Bertz CT molecular complexity index is 504. The van der Waals surface area contributed by atoms with Gasteiger partial charge >= 0.3 is 0 Å². The molecule has 1 aromatic heterocycles. The van der Waals surface area contributed by atoms with Gasteiger partial charge in [0.1, 0.15) is 5.82 Å². The van der Waals surface area contributed by atoms with Gasteiger partial charge in [-0.25, -0.2) is 4.39 Å². The lowest BCUT2D eigenvalue weighted by molar-refractivity contribution is 0.627. The molecule has 1 unspecified atom stereocenters. The number of benzene rings is 1. The largest absolute Gasteiger partial charge is 0.376 e. The molecule has 0 aliphatic carbocycles. The van der Waals surface area contributed by atoms with Crippen LogP contribution in [0, 0.1) is 5.82 Å². The number of hydrogen-bond acceptors (Lipinski definition) is 3. The highest BCUT2D eigenvalue weighted by Gasteiger charge is 2.09. The molecule has 0 amide bonds. The number of anilines is 1. The van der Waals surface area contributed by atoms with Crippen molar-refractivity contribution in [1.29, 1.82) is 0 Å². The summed E-state index contributed by atoms with van der Waals surface area (Å²) in [5, 5.41) is 3.24. The lowest BCUT2D eigenvalue weighted by atomic mass is 10.2. The molecule has 0 saturated heterocycles. The van der Waals surface area contributed by atoms with Crippen molar-refractivity contribution in [3.8, 4) is 0 Å². The normalized spacial score (nSPS) is 12.2. The monoisotopic (exact) mass is 295 g/mol. The first kappa shape index (κ1) is 12.0. The fourth-order valence-electron chi connectivity index (χ4n) is 1.45. The van der Waals surface area contributed by atoms with Gasteiger partial charge in [-0.3, -0.25) is 9.97 Å². The van der Waals surface area contributed by atoms with Gasteiger partial charge in [-0.15, -0.1) is 0 Å². The zero-order valence-corrected chi connectivity index (χ0v) is 10.8. The van der Waals surface area contributed by atoms with Crippen molar-refractivity contribution in [1.82, 2.24) is 9.97 Å². The van der Waals surface area contributed by atoms with E-state index in [0.29, 0.717) is 4.47 Å². The molecule has 1 N–H and O–H groups in total. The average Bonchev–Trinajstić information content (AvgIpc) is 2.34. The maximum atomic E-state index is 12.9. The van der Waals surface area contributed by atoms with Crippen molar-refractivity contribution < 1.29 is 4.39 Å². The summed E-state index contributed by atoms with van der Waals surface area (Å²) in [7, 11) is 0. The molecule has 0 radical (unpaired) electrons. The summed E-state index contributed by atoms with van der Waals surface area (Å²) in [5.74, 6) is -0.269. The molecule has 3 nitrogen and oxygen atoms in total.